The van der Waals surface area contributed by atoms with Crippen molar-refractivity contribution < 1.29 is 21.6 Å². The molecule has 2 saturated carbocycles. The molecule has 2 aromatic rings. The number of fused-ring (bicyclic) bond motifs is 1. The van der Waals surface area contributed by atoms with E-state index in [1.807, 2.05) is 36.4 Å². The fourth-order valence-electron chi connectivity index (χ4n) is 7.72. The number of amides is 1. The number of carbonyl (C=O) groups excluding carboxylic acids is 1. The first kappa shape index (κ1) is 32.0. The van der Waals surface area contributed by atoms with E-state index >= 15 is 0 Å². The summed E-state index contributed by atoms with van der Waals surface area (Å²) in [6, 6.07) is 20.3. The fraction of sp³-hybridized carbons (Fsp3) is 0.475. The SMILES string of the molecule is C=C(C(=C)c1ccccc1)c1ccccc1.O=C([NH][Ti]1([CH]2CCC3C=CC=CC32)[CH2][CH2]1)C1CCCCCCCCCCC1. The molecular weight excluding hydrogens is 558 g/mol. The van der Waals surface area contributed by atoms with Gasteiger partial charge < -0.3 is 0 Å². The summed E-state index contributed by atoms with van der Waals surface area (Å²) in [6.45, 7) is 8.20. The van der Waals surface area contributed by atoms with Crippen LogP contribution in [0.3, 0.4) is 0 Å². The fourth-order valence-corrected chi connectivity index (χ4v) is 15.6. The van der Waals surface area contributed by atoms with Crippen LogP contribution in [-0.2, 0) is 21.6 Å². The zero-order valence-corrected chi connectivity index (χ0v) is 27.9. The monoisotopic (exact) mass is 611 g/mol. The summed E-state index contributed by atoms with van der Waals surface area (Å²) < 4.78 is 7.45. The Morgan fingerprint density at radius 3 is 1.63 bits per heavy atom. The van der Waals surface area contributed by atoms with Crippen molar-refractivity contribution in [1.29, 1.82) is 0 Å². The normalized spacial score (nSPS) is 25.2. The topological polar surface area (TPSA) is 29.1 Å². The average Bonchev–Trinajstić information content (AvgIpc) is 3.68. The van der Waals surface area contributed by atoms with Crippen LogP contribution in [0.25, 0.3) is 11.1 Å². The van der Waals surface area contributed by atoms with E-state index < -0.39 is 16.8 Å². The molecule has 228 valence electrons. The van der Waals surface area contributed by atoms with Crippen molar-refractivity contribution in [3.63, 3.8) is 0 Å². The summed E-state index contributed by atoms with van der Waals surface area (Å²) in [5.74, 6) is 2.30. The van der Waals surface area contributed by atoms with Crippen LogP contribution in [-0.4, -0.2) is 5.91 Å². The third-order valence-electron chi connectivity index (χ3n) is 10.5. The predicted octanol–water partition coefficient (Wildman–Crippen LogP) is 11.3. The van der Waals surface area contributed by atoms with Crippen LogP contribution in [0.5, 0.6) is 0 Å². The van der Waals surface area contributed by atoms with E-state index in [1.54, 1.807) is 0 Å². The zero-order chi connectivity index (χ0) is 29.9. The Morgan fingerprint density at radius 2 is 1.12 bits per heavy atom. The second-order valence-corrected chi connectivity index (χ2v) is 20.2. The van der Waals surface area contributed by atoms with Crippen molar-refractivity contribution >= 4 is 17.1 Å². The Kier molecular flexibility index (Phi) is 11.9. The molecule has 4 aliphatic rings. The molecule has 0 bridgehead atoms. The summed E-state index contributed by atoms with van der Waals surface area (Å²) in [7, 11) is 0. The molecule has 3 fully saturated rings. The third kappa shape index (κ3) is 8.83. The second kappa shape index (κ2) is 16.1. The molecule has 1 N–H and O–H groups in total. The van der Waals surface area contributed by atoms with Gasteiger partial charge in [-0.05, 0) is 22.3 Å². The summed E-state index contributed by atoms with van der Waals surface area (Å²) in [5.41, 5.74) is 4.20. The maximum atomic E-state index is 13.3. The number of carbonyl (C=O) groups is 1. The molecular formula is C40H53NOTi. The van der Waals surface area contributed by atoms with Crippen LogP contribution in [0.2, 0.25) is 13.7 Å². The summed E-state index contributed by atoms with van der Waals surface area (Å²) in [5, 5.41) is 0. The van der Waals surface area contributed by atoms with Crippen molar-refractivity contribution in [3.05, 3.63) is 109 Å². The number of allylic oxidation sites excluding steroid dienone is 6. The van der Waals surface area contributed by atoms with Crippen LogP contribution in [0.1, 0.15) is 94.6 Å². The Balaban J connectivity index is 0.000000196. The number of rotatable bonds is 6. The van der Waals surface area contributed by atoms with E-state index in [2.05, 4.69) is 65.5 Å². The van der Waals surface area contributed by atoms with Gasteiger partial charge in [0.15, 0.2) is 0 Å². The quantitative estimate of drug-likeness (QED) is 0.256. The molecule has 6 rings (SSSR count). The van der Waals surface area contributed by atoms with Crippen LogP contribution in [0.15, 0.2) is 98.1 Å². The molecule has 0 aromatic heterocycles. The molecule has 2 aromatic carbocycles. The standard InChI is InChI=1S/C16H14.C13H25NO.C9H11.C2H4.Ti/c1-13(15-9-5-3-6-10-15)14(2)16-11-7-4-8-12-16;14-13(15)12-10-8-6-4-2-1-3-5-7-9-11-12;1-2-5-9-7-3-6-8(9)4-1;1-2;/h3-12H,1-2H2;12H,1-11H2,(H2,14,15);1-2,4-6,8-9H,3,7H2;1-2H2;/q;;;;+1/p-1. The Hall–Kier alpha value is -2.42. The molecule has 3 heteroatoms. The van der Waals surface area contributed by atoms with Crippen molar-refractivity contribution in [3.8, 4) is 0 Å². The van der Waals surface area contributed by atoms with E-state index in [1.165, 1.54) is 80.1 Å². The van der Waals surface area contributed by atoms with Crippen molar-refractivity contribution in [2.45, 2.75) is 97.1 Å². The van der Waals surface area contributed by atoms with Gasteiger partial charge in [0.1, 0.15) is 0 Å². The van der Waals surface area contributed by atoms with Gasteiger partial charge in [0.2, 0.25) is 0 Å². The molecule has 1 amide bonds. The molecule has 1 saturated heterocycles. The molecule has 43 heavy (non-hydrogen) atoms. The minimum absolute atomic E-state index is 0.312. The summed E-state index contributed by atoms with van der Waals surface area (Å²) in [6.07, 6.45) is 26.6. The van der Waals surface area contributed by atoms with E-state index in [4.69, 9.17) is 0 Å². The van der Waals surface area contributed by atoms with Gasteiger partial charge in [0.05, 0.1) is 0 Å². The van der Waals surface area contributed by atoms with Crippen LogP contribution >= 0.6 is 0 Å². The van der Waals surface area contributed by atoms with Gasteiger partial charge in [-0.25, -0.2) is 0 Å². The average molecular weight is 612 g/mol. The van der Waals surface area contributed by atoms with Gasteiger partial charge in [-0.15, -0.1) is 0 Å². The van der Waals surface area contributed by atoms with Crippen molar-refractivity contribution in [2.24, 2.45) is 17.8 Å². The summed E-state index contributed by atoms with van der Waals surface area (Å²) >= 11 is -2.11. The first-order valence-electron chi connectivity index (χ1n) is 17.2. The molecule has 3 unspecified atom stereocenters. The van der Waals surface area contributed by atoms with Gasteiger partial charge in [-0.3, -0.25) is 0 Å². The van der Waals surface area contributed by atoms with Gasteiger partial charge in [0, 0.05) is 0 Å². The molecule has 2 nitrogen and oxygen atoms in total. The van der Waals surface area contributed by atoms with Gasteiger partial charge >= 0.3 is 171 Å². The molecule has 3 aliphatic carbocycles. The molecule has 3 atom stereocenters. The molecule has 0 spiro atoms. The first-order valence-corrected chi connectivity index (χ1v) is 21.1. The van der Waals surface area contributed by atoms with Crippen molar-refractivity contribution in [2.75, 3.05) is 0 Å². The maximum absolute atomic E-state index is 13.3. The Morgan fingerprint density at radius 1 is 0.628 bits per heavy atom. The van der Waals surface area contributed by atoms with E-state index in [9.17, 15) is 4.79 Å². The van der Waals surface area contributed by atoms with Crippen LogP contribution in [0.4, 0.5) is 0 Å². The van der Waals surface area contributed by atoms with E-state index in [0.29, 0.717) is 11.8 Å². The zero-order valence-electron chi connectivity index (χ0n) is 26.3. The third-order valence-corrected chi connectivity index (χ3v) is 17.4. The van der Waals surface area contributed by atoms with Crippen LogP contribution in [0, 0.1) is 17.8 Å². The van der Waals surface area contributed by atoms with Crippen molar-refractivity contribution in [1.82, 2.24) is 3.80 Å². The second-order valence-electron chi connectivity index (χ2n) is 13.5. The van der Waals surface area contributed by atoms with Gasteiger partial charge in [-0.2, -0.15) is 0 Å². The molecule has 1 heterocycles. The van der Waals surface area contributed by atoms with Gasteiger partial charge in [-0.1, -0.05) is 73.8 Å². The first-order chi connectivity index (χ1) is 21.1. The van der Waals surface area contributed by atoms with Gasteiger partial charge in [0.25, 0.3) is 0 Å². The number of benzene rings is 2. The summed E-state index contributed by atoms with van der Waals surface area (Å²) in [4.78, 5) is 13.3. The molecule has 0 radical (unpaired) electrons. The molecule has 1 aliphatic heterocycles. The Labute approximate surface area is 265 Å². The number of hydrogen-bond acceptors (Lipinski definition) is 1. The van der Waals surface area contributed by atoms with E-state index in [-0.39, 0.29) is 0 Å². The number of nitrogens with one attached hydrogen (secondary N) is 1. The number of hydrogen-bond donors (Lipinski definition) is 1. The Bertz CT molecular complexity index is 1200. The minimum atomic E-state index is -2.11. The van der Waals surface area contributed by atoms with Crippen LogP contribution < -0.4 is 3.80 Å². The van der Waals surface area contributed by atoms with E-state index in [0.717, 1.165) is 51.2 Å². The predicted molar refractivity (Wildman–Crippen MR) is 181 cm³/mol.